The maximum Gasteiger partial charge on any atom is -0.00470 e. The third-order valence-electron chi connectivity index (χ3n) is 8.66. The van der Waals surface area contributed by atoms with Crippen LogP contribution in [0.15, 0.2) is 30.3 Å². The summed E-state index contributed by atoms with van der Waals surface area (Å²) in [6.07, 6.45) is 37.1. The minimum absolute atomic E-state index is 0.426. The Hall–Kier alpha value is -0.780. The van der Waals surface area contributed by atoms with Crippen molar-refractivity contribution in [2.45, 2.75) is 193 Å². The summed E-state index contributed by atoms with van der Waals surface area (Å²) < 4.78 is 0. The maximum atomic E-state index is 2.47. The van der Waals surface area contributed by atoms with Crippen LogP contribution in [-0.2, 0) is 5.41 Å². The molecule has 0 N–H and O–H groups in total. The van der Waals surface area contributed by atoms with Crippen LogP contribution < -0.4 is 0 Å². The Morgan fingerprint density at radius 3 is 0.944 bits per heavy atom. The molecule has 0 heteroatoms. The van der Waals surface area contributed by atoms with Crippen molar-refractivity contribution in [2.24, 2.45) is 0 Å². The number of benzene rings is 1. The minimum Gasteiger partial charge on any atom is -0.0654 e. The van der Waals surface area contributed by atoms with E-state index in [9.17, 15) is 0 Å². The van der Waals surface area contributed by atoms with Gasteiger partial charge in [-0.3, -0.25) is 0 Å². The zero-order chi connectivity index (χ0) is 26.0. The summed E-state index contributed by atoms with van der Waals surface area (Å²) in [6.45, 7) is 6.96. The quantitative estimate of drug-likeness (QED) is 0.106. The second-order valence-electron chi connectivity index (χ2n) is 12.0. The van der Waals surface area contributed by atoms with Crippen LogP contribution >= 0.6 is 0 Å². The molecule has 0 spiro atoms. The first-order valence-corrected chi connectivity index (χ1v) is 16.8. The van der Waals surface area contributed by atoms with E-state index in [4.69, 9.17) is 0 Å². The molecule has 210 valence electrons. The molecule has 0 unspecified atom stereocenters. The fourth-order valence-electron chi connectivity index (χ4n) is 6.21. The summed E-state index contributed by atoms with van der Waals surface area (Å²) in [4.78, 5) is 0. The average molecular weight is 499 g/mol. The predicted molar refractivity (Wildman–Crippen MR) is 165 cm³/mol. The van der Waals surface area contributed by atoms with Crippen LogP contribution in [0.4, 0.5) is 0 Å². The summed E-state index contributed by atoms with van der Waals surface area (Å²) >= 11 is 0. The van der Waals surface area contributed by atoms with Gasteiger partial charge in [0, 0.05) is 0 Å². The van der Waals surface area contributed by atoms with E-state index in [2.05, 4.69) is 51.1 Å². The number of hydrogen-bond donors (Lipinski definition) is 0. The van der Waals surface area contributed by atoms with Crippen molar-refractivity contribution >= 4 is 0 Å². The van der Waals surface area contributed by atoms with Crippen molar-refractivity contribution in [1.29, 1.82) is 0 Å². The van der Waals surface area contributed by atoms with E-state index < -0.39 is 0 Å². The normalized spacial score (nSPS) is 11.9. The van der Waals surface area contributed by atoms with Gasteiger partial charge in [-0.2, -0.15) is 0 Å². The first kappa shape index (κ1) is 33.2. The Morgan fingerprint density at radius 2 is 0.639 bits per heavy atom. The first-order valence-electron chi connectivity index (χ1n) is 16.8. The Labute approximate surface area is 228 Å². The fourth-order valence-corrected chi connectivity index (χ4v) is 6.21. The van der Waals surface area contributed by atoms with Gasteiger partial charge in [0.1, 0.15) is 0 Å². The zero-order valence-electron chi connectivity index (χ0n) is 25.3. The summed E-state index contributed by atoms with van der Waals surface area (Å²) in [5.41, 5.74) is 2.08. The fraction of sp³-hybridized carbons (Fsp3) is 0.833. The lowest BCUT2D eigenvalue weighted by Crippen LogP contribution is -2.26. The molecule has 0 nitrogen and oxygen atoms in total. The van der Waals surface area contributed by atoms with Gasteiger partial charge in [-0.1, -0.05) is 199 Å². The predicted octanol–water partition coefficient (Wildman–Crippen LogP) is 13.1. The van der Waals surface area contributed by atoms with Crippen LogP contribution in [0.1, 0.15) is 193 Å². The van der Waals surface area contributed by atoms with Crippen LogP contribution in [0.5, 0.6) is 0 Å². The minimum atomic E-state index is 0.426. The zero-order valence-corrected chi connectivity index (χ0v) is 25.3. The van der Waals surface area contributed by atoms with Gasteiger partial charge in [-0.25, -0.2) is 0 Å². The van der Waals surface area contributed by atoms with Gasteiger partial charge in [0.15, 0.2) is 0 Å². The highest BCUT2D eigenvalue weighted by molar-refractivity contribution is 5.25. The Balaban J connectivity index is 2.63. The second kappa shape index (κ2) is 24.6. The molecule has 0 saturated heterocycles. The lowest BCUT2D eigenvalue weighted by Gasteiger charge is -2.35. The molecule has 0 fully saturated rings. The van der Waals surface area contributed by atoms with E-state index in [-0.39, 0.29) is 0 Å². The van der Waals surface area contributed by atoms with Crippen molar-refractivity contribution < 1.29 is 0 Å². The molecule has 0 aromatic heterocycles. The third-order valence-corrected chi connectivity index (χ3v) is 8.66. The molecule has 0 aliphatic carbocycles. The van der Waals surface area contributed by atoms with E-state index in [0.29, 0.717) is 5.41 Å². The molecule has 0 aliphatic rings. The molecule has 1 aromatic carbocycles. The average Bonchev–Trinajstić information content (AvgIpc) is 2.91. The van der Waals surface area contributed by atoms with Crippen molar-refractivity contribution in [3.8, 4) is 0 Å². The smallest absolute Gasteiger partial charge is 0.00470 e. The highest BCUT2D eigenvalue weighted by Gasteiger charge is 2.30. The maximum absolute atomic E-state index is 2.47. The van der Waals surface area contributed by atoms with E-state index in [1.54, 1.807) is 5.56 Å². The largest absolute Gasteiger partial charge is 0.0654 e. The van der Waals surface area contributed by atoms with Crippen molar-refractivity contribution in [1.82, 2.24) is 0 Å². The van der Waals surface area contributed by atoms with E-state index in [1.165, 1.54) is 167 Å². The molecule has 0 heterocycles. The van der Waals surface area contributed by atoms with Gasteiger partial charge in [-0.05, 0) is 30.2 Å². The van der Waals surface area contributed by atoms with E-state index >= 15 is 0 Å². The first-order chi connectivity index (χ1) is 17.8. The van der Waals surface area contributed by atoms with Gasteiger partial charge < -0.3 is 0 Å². The number of unbranched alkanes of at least 4 members (excludes halogenated alkanes) is 20. The van der Waals surface area contributed by atoms with Gasteiger partial charge >= 0.3 is 0 Å². The van der Waals surface area contributed by atoms with E-state index in [1.807, 2.05) is 0 Å². The molecule has 0 radical (unpaired) electrons. The van der Waals surface area contributed by atoms with Gasteiger partial charge in [0.25, 0.3) is 0 Å². The van der Waals surface area contributed by atoms with Crippen molar-refractivity contribution in [2.75, 3.05) is 0 Å². The topological polar surface area (TPSA) is 0 Å². The standard InChI is InChI=1S/C36H66/c1-4-7-10-13-16-19-22-28-33-36(35-30-25-24-26-31-35,32-27-21-18-15-12-9-6-3)34-29-23-20-17-14-11-8-5-2/h24-26,30-31H,4-23,27-29,32-34H2,1-3H3. The number of rotatable bonds is 27. The highest BCUT2D eigenvalue weighted by atomic mass is 14.3. The lowest BCUT2D eigenvalue weighted by molar-refractivity contribution is 0.299. The van der Waals surface area contributed by atoms with Gasteiger partial charge in [0.2, 0.25) is 0 Å². The molecule has 0 aliphatic heterocycles. The summed E-state index contributed by atoms with van der Waals surface area (Å²) in [7, 11) is 0. The van der Waals surface area contributed by atoms with Crippen LogP contribution in [0.25, 0.3) is 0 Å². The number of hydrogen-bond acceptors (Lipinski definition) is 0. The van der Waals surface area contributed by atoms with Crippen LogP contribution in [0.2, 0.25) is 0 Å². The van der Waals surface area contributed by atoms with Crippen LogP contribution in [0.3, 0.4) is 0 Å². The molecular formula is C36H66. The van der Waals surface area contributed by atoms with Crippen molar-refractivity contribution in [3.05, 3.63) is 35.9 Å². The Kier molecular flexibility index (Phi) is 22.7. The summed E-state index contributed by atoms with van der Waals surface area (Å²) in [5, 5.41) is 0. The van der Waals surface area contributed by atoms with Crippen LogP contribution in [-0.4, -0.2) is 0 Å². The summed E-state index contributed by atoms with van der Waals surface area (Å²) in [5.74, 6) is 0. The summed E-state index contributed by atoms with van der Waals surface area (Å²) in [6, 6.07) is 11.8. The second-order valence-corrected chi connectivity index (χ2v) is 12.0. The molecule has 36 heavy (non-hydrogen) atoms. The molecule has 0 saturated carbocycles. The lowest BCUT2D eigenvalue weighted by atomic mass is 9.69. The molecule has 0 amide bonds. The SMILES string of the molecule is CCCCCCCCCCC(CCCCCCCCC)(CCCCCCCCCC)c1ccccc1. The van der Waals surface area contributed by atoms with Crippen LogP contribution in [0, 0.1) is 0 Å². The van der Waals surface area contributed by atoms with E-state index in [0.717, 1.165) is 0 Å². The monoisotopic (exact) mass is 499 g/mol. The van der Waals surface area contributed by atoms with Gasteiger partial charge in [0.05, 0.1) is 0 Å². The van der Waals surface area contributed by atoms with Gasteiger partial charge in [-0.15, -0.1) is 0 Å². The Morgan fingerprint density at radius 1 is 0.361 bits per heavy atom. The van der Waals surface area contributed by atoms with Crippen molar-refractivity contribution in [3.63, 3.8) is 0 Å². The molecule has 1 rings (SSSR count). The molecule has 1 aromatic rings. The molecule has 0 bridgehead atoms. The molecule has 0 atom stereocenters. The molecular weight excluding hydrogens is 432 g/mol. The Bertz CT molecular complexity index is 524. The highest BCUT2D eigenvalue weighted by Crippen LogP contribution is 2.40. The third kappa shape index (κ3) is 16.9.